The number of nitrogens with one attached hydrogen (secondary N) is 1. The molecule has 0 radical (unpaired) electrons. The van der Waals surface area contributed by atoms with Crippen LogP contribution in [0, 0.1) is 11.6 Å². The van der Waals surface area contributed by atoms with Crippen molar-refractivity contribution in [3.05, 3.63) is 65.2 Å². The van der Waals surface area contributed by atoms with E-state index in [4.69, 9.17) is 0 Å². The molecule has 1 aliphatic rings. The molecular weight excluding hydrogens is 288 g/mol. The van der Waals surface area contributed by atoms with Crippen LogP contribution in [0.4, 0.5) is 8.78 Å². The largest absolute Gasteiger partial charge is 0.309 e. The normalized spacial score (nSPS) is 20.5. The number of halogens is 2. The van der Waals surface area contributed by atoms with Crippen LogP contribution in [0.15, 0.2) is 47.4 Å². The molecule has 2 aromatic carbocycles. The number of thioether (sulfide) groups is 1. The molecule has 0 saturated carbocycles. The predicted octanol–water partition coefficient (Wildman–Crippen LogP) is 4.33. The van der Waals surface area contributed by atoms with E-state index in [0.29, 0.717) is 5.25 Å². The van der Waals surface area contributed by atoms with Crippen molar-refractivity contribution in [1.82, 2.24) is 5.32 Å². The van der Waals surface area contributed by atoms with Crippen molar-refractivity contribution in [3.8, 4) is 0 Å². The Morgan fingerprint density at radius 3 is 2.71 bits per heavy atom. The van der Waals surface area contributed by atoms with E-state index in [1.165, 1.54) is 23.3 Å². The summed E-state index contributed by atoms with van der Waals surface area (Å²) in [7, 11) is 0. The van der Waals surface area contributed by atoms with E-state index < -0.39 is 11.6 Å². The van der Waals surface area contributed by atoms with Crippen LogP contribution in [0.1, 0.15) is 24.1 Å². The fourth-order valence-corrected chi connectivity index (χ4v) is 4.16. The lowest BCUT2D eigenvalue weighted by atomic mass is 10.1. The molecule has 1 N–H and O–H groups in total. The van der Waals surface area contributed by atoms with Gasteiger partial charge in [0.15, 0.2) is 11.6 Å². The lowest BCUT2D eigenvalue weighted by Crippen LogP contribution is -2.26. The molecule has 0 saturated heterocycles. The first-order valence-electron chi connectivity index (χ1n) is 7.12. The van der Waals surface area contributed by atoms with Gasteiger partial charge in [-0.1, -0.05) is 31.2 Å². The van der Waals surface area contributed by atoms with Gasteiger partial charge in [-0.05, 0) is 42.3 Å². The van der Waals surface area contributed by atoms with Crippen LogP contribution in [0.2, 0.25) is 0 Å². The van der Waals surface area contributed by atoms with Crippen molar-refractivity contribution >= 4 is 11.8 Å². The second-order valence-electron chi connectivity index (χ2n) is 5.17. The third-order valence-electron chi connectivity index (χ3n) is 3.79. The van der Waals surface area contributed by atoms with Gasteiger partial charge < -0.3 is 5.32 Å². The topological polar surface area (TPSA) is 12.0 Å². The second kappa shape index (κ2) is 6.16. The van der Waals surface area contributed by atoms with E-state index in [9.17, 15) is 8.78 Å². The van der Waals surface area contributed by atoms with Crippen molar-refractivity contribution in [2.45, 2.75) is 29.5 Å². The maximum absolute atomic E-state index is 13.4. The summed E-state index contributed by atoms with van der Waals surface area (Å²) >= 11 is 1.61. The number of benzene rings is 2. The summed E-state index contributed by atoms with van der Waals surface area (Å²) in [5, 5.41) is 3.81. The third-order valence-corrected chi connectivity index (χ3v) is 5.05. The van der Waals surface area contributed by atoms with Crippen molar-refractivity contribution in [2.24, 2.45) is 0 Å². The Morgan fingerprint density at radius 2 is 1.95 bits per heavy atom. The number of fused-ring (bicyclic) bond motifs is 1. The number of rotatable bonds is 4. The minimum Gasteiger partial charge on any atom is -0.309 e. The number of hydrogen-bond donors (Lipinski definition) is 1. The Kier molecular flexibility index (Phi) is 4.27. The van der Waals surface area contributed by atoms with Gasteiger partial charge in [0, 0.05) is 16.2 Å². The Labute approximate surface area is 127 Å². The van der Waals surface area contributed by atoms with Gasteiger partial charge in [-0.15, -0.1) is 11.8 Å². The fraction of sp³-hybridized carbons (Fsp3) is 0.294. The molecular formula is C17H17F2NS. The Balaban J connectivity index is 1.83. The van der Waals surface area contributed by atoms with Crippen molar-refractivity contribution < 1.29 is 8.78 Å². The minimum absolute atomic E-state index is 0.254. The maximum atomic E-state index is 13.4. The predicted molar refractivity (Wildman–Crippen MR) is 82.6 cm³/mol. The highest BCUT2D eigenvalue weighted by Gasteiger charge is 2.32. The van der Waals surface area contributed by atoms with Crippen LogP contribution in [0.3, 0.4) is 0 Å². The average molecular weight is 305 g/mol. The first-order chi connectivity index (χ1) is 10.2. The lowest BCUT2D eigenvalue weighted by molar-refractivity contribution is 0.505. The summed E-state index contributed by atoms with van der Waals surface area (Å²) in [5.41, 5.74) is 2.66. The van der Waals surface area contributed by atoms with Gasteiger partial charge in [-0.25, -0.2) is 8.78 Å². The summed E-state index contributed by atoms with van der Waals surface area (Å²) in [5.74, 6) is -1.58. The zero-order chi connectivity index (χ0) is 14.8. The SMILES string of the molecule is CCNC1c2ccccc2CC1Sc1ccc(F)c(F)c1. The lowest BCUT2D eigenvalue weighted by Gasteiger charge is -2.21. The van der Waals surface area contributed by atoms with E-state index in [-0.39, 0.29) is 6.04 Å². The molecule has 2 unspecified atom stereocenters. The summed E-state index contributed by atoms with van der Waals surface area (Å²) in [6.45, 7) is 2.97. The minimum atomic E-state index is -0.794. The Hall–Kier alpha value is -1.39. The van der Waals surface area contributed by atoms with Crippen LogP contribution in [0.5, 0.6) is 0 Å². The van der Waals surface area contributed by atoms with Gasteiger partial charge in [0.25, 0.3) is 0 Å². The summed E-state index contributed by atoms with van der Waals surface area (Å²) in [4.78, 5) is 0.773. The van der Waals surface area contributed by atoms with Gasteiger partial charge in [-0.2, -0.15) is 0 Å². The van der Waals surface area contributed by atoms with E-state index in [1.54, 1.807) is 17.8 Å². The van der Waals surface area contributed by atoms with Gasteiger partial charge in [-0.3, -0.25) is 0 Å². The standard InChI is InChI=1S/C17H17F2NS/c1-2-20-17-13-6-4-3-5-11(13)9-16(17)21-12-7-8-14(18)15(19)10-12/h3-8,10,16-17,20H,2,9H2,1H3. The van der Waals surface area contributed by atoms with E-state index >= 15 is 0 Å². The molecule has 0 fully saturated rings. The van der Waals surface area contributed by atoms with E-state index in [1.807, 2.05) is 12.1 Å². The Bertz CT molecular complexity index is 644. The van der Waals surface area contributed by atoms with Crippen LogP contribution < -0.4 is 5.32 Å². The zero-order valence-electron chi connectivity index (χ0n) is 11.8. The highest BCUT2D eigenvalue weighted by atomic mass is 32.2. The smallest absolute Gasteiger partial charge is 0.159 e. The molecule has 0 heterocycles. The molecule has 2 aromatic rings. The molecule has 0 bridgehead atoms. The van der Waals surface area contributed by atoms with Gasteiger partial charge in [0.2, 0.25) is 0 Å². The van der Waals surface area contributed by atoms with Crippen molar-refractivity contribution in [3.63, 3.8) is 0 Å². The zero-order valence-corrected chi connectivity index (χ0v) is 12.6. The average Bonchev–Trinajstić information content (AvgIpc) is 2.81. The second-order valence-corrected chi connectivity index (χ2v) is 6.48. The molecule has 0 spiro atoms. The van der Waals surface area contributed by atoms with Crippen LogP contribution in [-0.2, 0) is 6.42 Å². The number of hydrogen-bond acceptors (Lipinski definition) is 2. The highest BCUT2D eigenvalue weighted by Crippen LogP contribution is 2.41. The van der Waals surface area contributed by atoms with Crippen LogP contribution >= 0.6 is 11.8 Å². The molecule has 2 atom stereocenters. The molecule has 1 aliphatic carbocycles. The van der Waals surface area contributed by atoms with Crippen molar-refractivity contribution in [2.75, 3.05) is 6.54 Å². The molecule has 21 heavy (non-hydrogen) atoms. The summed E-state index contributed by atoms with van der Waals surface area (Å²) in [6.07, 6.45) is 0.942. The fourth-order valence-electron chi connectivity index (χ4n) is 2.85. The quantitative estimate of drug-likeness (QED) is 0.902. The van der Waals surface area contributed by atoms with Gasteiger partial charge in [0.05, 0.1) is 0 Å². The molecule has 110 valence electrons. The first-order valence-corrected chi connectivity index (χ1v) is 8.00. The van der Waals surface area contributed by atoms with Crippen molar-refractivity contribution in [1.29, 1.82) is 0 Å². The maximum Gasteiger partial charge on any atom is 0.159 e. The summed E-state index contributed by atoms with van der Waals surface area (Å²) < 4.78 is 26.4. The summed E-state index contributed by atoms with van der Waals surface area (Å²) in [6, 6.07) is 12.8. The Morgan fingerprint density at radius 1 is 1.14 bits per heavy atom. The molecule has 4 heteroatoms. The monoisotopic (exact) mass is 305 g/mol. The third kappa shape index (κ3) is 2.97. The molecule has 3 rings (SSSR count). The first kappa shape index (κ1) is 14.5. The van der Waals surface area contributed by atoms with Crippen LogP contribution in [-0.4, -0.2) is 11.8 Å². The molecule has 0 aromatic heterocycles. The molecule has 0 aliphatic heterocycles. The van der Waals surface area contributed by atoms with E-state index in [2.05, 4.69) is 24.4 Å². The van der Waals surface area contributed by atoms with E-state index in [0.717, 1.165) is 17.9 Å². The molecule has 0 amide bonds. The van der Waals surface area contributed by atoms with Crippen LogP contribution in [0.25, 0.3) is 0 Å². The van der Waals surface area contributed by atoms with Gasteiger partial charge >= 0.3 is 0 Å². The molecule has 1 nitrogen and oxygen atoms in total. The highest BCUT2D eigenvalue weighted by molar-refractivity contribution is 8.00. The van der Waals surface area contributed by atoms with Gasteiger partial charge in [0.1, 0.15) is 0 Å².